The number of rotatable bonds is 3. The van der Waals surface area contributed by atoms with Gasteiger partial charge in [0, 0.05) is 6.20 Å². The van der Waals surface area contributed by atoms with Gasteiger partial charge >= 0.3 is 0 Å². The Morgan fingerprint density at radius 3 is 3.05 bits per heavy atom. The van der Waals surface area contributed by atoms with Crippen molar-refractivity contribution in [3.8, 4) is 5.75 Å². The second kappa shape index (κ2) is 4.85. The molecule has 0 amide bonds. The van der Waals surface area contributed by atoms with Gasteiger partial charge in [0.1, 0.15) is 5.75 Å². The summed E-state index contributed by atoms with van der Waals surface area (Å²) >= 11 is 5.81. The molecule has 0 radical (unpaired) electrons. The van der Waals surface area contributed by atoms with Crippen molar-refractivity contribution in [1.82, 2.24) is 19.7 Å². The van der Waals surface area contributed by atoms with Crippen molar-refractivity contribution in [3.05, 3.63) is 47.5 Å². The van der Waals surface area contributed by atoms with Crippen molar-refractivity contribution in [2.24, 2.45) is 0 Å². The highest BCUT2D eigenvalue weighted by Gasteiger charge is 2.06. The number of aromatic nitrogens is 4. The Morgan fingerprint density at radius 1 is 1.32 bits per heavy atom. The highest BCUT2D eigenvalue weighted by Crippen LogP contribution is 2.17. The van der Waals surface area contributed by atoms with E-state index in [-0.39, 0.29) is 5.28 Å². The Balaban J connectivity index is 1.98. The van der Waals surface area contributed by atoms with E-state index in [0.29, 0.717) is 6.54 Å². The fourth-order valence-electron chi connectivity index (χ4n) is 1.91. The molecule has 5 nitrogen and oxygen atoms in total. The van der Waals surface area contributed by atoms with Crippen molar-refractivity contribution in [1.29, 1.82) is 0 Å². The third-order valence-corrected chi connectivity index (χ3v) is 3.00. The van der Waals surface area contributed by atoms with E-state index < -0.39 is 0 Å². The maximum Gasteiger partial charge on any atom is 0.224 e. The Morgan fingerprint density at radius 2 is 2.21 bits per heavy atom. The molecule has 0 bridgehead atoms. The lowest BCUT2D eigenvalue weighted by atomic mass is 10.2. The molecule has 19 heavy (non-hydrogen) atoms. The van der Waals surface area contributed by atoms with Gasteiger partial charge in [-0.3, -0.25) is 0 Å². The molecule has 6 heteroatoms. The summed E-state index contributed by atoms with van der Waals surface area (Å²) in [6.07, 6.45) is 3.39. The van der Waals surface area contributed by atoms with Gasteiger partial charge in [0.25, 0.3) is 0 Å². The van der Waals surface area contributed by atoms with E-state index in [4.69, 9.17) is 16.3 Å². The number of ether oxygens (including phenoxy) is 1. The molecule has 0 unspecified atom stereocenters. The van der Waals surface area contributed by atoms with E-state index >= 15 is 0 Å². The summed E-state index contributed by atoms with van der Waals surface area (Å²) in [7, 11) is 1.65. The Bertz CT molecular complexity index is 725. The third-order valence-electron chi connectivity index (χ3n) is 2.81. The first-order chi connectivity index (χ1) is 9.26. The maximum absolute atomic E-state index is 5.81. The SMILES string of the molecule is COc1cccc(Cn2ncc3cnc(Cl)nc32)c1. The van der Waals surface area contributed by atoms with Gasteiger partial charge in [-0.2, -0.15) is 10.1 Å². The molecule has 0 aliphatic carbocycles. The van der Waals surface area contributed by atoms with E-state index in [1.165, 1.54) is 0 Å². The summed E-state index contributed by atoms with van der Waals surface area (Å²) in [5.74, 6) is 0.821. The van der Waals surface area contributed by atoms with Crippen molar-refractivity contribution in [2.45, 2.75) is 6.54 Å². The zero-order valence-corrected chi connectivity index (χ0v) is 11.0. The topological polar surface area (TPSA) is 52.8 Å². The van der Waals surface area contributed by atoms with Crippen LogP contribution in [0.25, 0.3) is 11.0 Å². The number of benzene rings is 1. The summed E-state index contributed by atoms with van der Waals surface area (Å²) in [4.78, 5) is 8.13. The van der Waals surface area contributed by atoms with Gasteiger partial charge in [-0.05, 0) is 29.3 Å². The standard InChI is InChI=1S/C13H11ClN4O/c1-19-11-4-2-3-9(5-11)8-18-12-10(7-16-18)6-15-13(14)17-12/h2-7H,8H2,1H3. The van der Waals surface area contributed by atoms with Crippen LogP contribution in [0.3, 0.4) is 0 Å². The molecule has 0 fully saturated rings. The van der Waals surface area contributed by atoms with Crippen LogP contribution in [0.2, 0.25) is 5.28 Å². The van der Waals surface area contributed by atoms with E-state index in [1.807, 2.05) is 24.3 Å². The first-order valence-corrected chi connectivity index (χ1v) is 6.11. The van der Waals surface area contributed by atoms with Crippen LogP contribution in [0.15, 0.2) is 36.7 Å². The molecule has 0 N–H and O–H groups in total. The van der Waals surface area contributed by atoms with Gasteiger partial charge in [0.2, 0.25) is 5.28 Å². The molecule has 96 valence electrons. The van der Waals surface area contributed by atoms with E-state index in [2.05, 4.69) is 15.1 Å². The Kier molecular flexibility index (Phi) is 3.05. The zero-order chi connectivity index (χ0) is 13.2. The van der Waals surface area contributed by atoms with Crippen molar-refractivity contribution < 1.29 is 4.74 Å². The van der Waals surface area contributed by atoms with Gasteiger partial charge in [0.05, 0.1) is 25.2 Å². The second-order valence-electron chi connectivity index (χ2n) is 4.07. The minimum Gasteiger partial charge on any atom is -0.497 e. The molecular formula is C13H11ClN4O. The Labute approximate surface area is 114 Å². The molecule has 1 aromatic carbocycles. The fraction of sp³-hybridized carbons (Fsp3) is 0.154. The van der Waals surface area contributed by atoms with Gasteiger partial charge in [0.15, 0.2) is 5.65 Å². The highest BCUT2D eigenvalue weighted by atomic mass is 35.5. The predicted molar refractivity (Wildman–Crippen MR) is 72.4 cm³/mol. The fourth-order valence-corrected chi connectivity index (χ4v) is 2.03. The quantitative estimate of drug-likeness (QED) is 0.689. The molecular weight excluding hydrogens is 264 g/mol. The Hall–Kier alpha value is -2.14. The summed E-state index contributed by atoms with van der Waals surface area (Å²) < 4.78 is 6.99. The van der Waals surface area contributed by atoms with E-state index in [9.17, 15) is 0 Å². The maximum atomic E-state index is 5.81. The molecule has 0 spiro atoms. The number of halogens is 1. The van der Waals surface area contributed by atoms with E-state index in [0.717, 1.165) is 22.3 Å². The zero-order valence-electron chi connectivity index (χ0n) is 10.2. The monoisotopic (exact) mass is 274 g/mol. The highest BCUT2D eigenvalue weighted by molar-refractivity contribution is 6.28. The summed E-state index contributed by atoms with van der Waals surface area (Å²) in [5, 5.41) is 5.39. The van der Waals surface area contributed by atoms with Crippen molar-refractivity contribution in [3.63, 3.8) is 0 Å². The van der Waals surface area contributed by atoms with Crippen LogP contribution in [-0.4, -0.2) is 26.9 Å². The molecule has 3 aromatic rings. The minimum absolute atomic E-state index is 0.222. The normalized spacial score (nSPS) is 10.8. The molecule has 0 saturated heterocycles. The molecule has 2 heterocycles. The first kappa shape index (κ1) is 11.9. The summed E-state index contributed by atoms with van der Waals surface area (Å²) in [6, 6.07) is 7.83. The number of hydrogen-bond donors (Lipinski definition) is 0. The van der Waals surface area contributed by atoms with Crippen LogP contribution >= 0.6 is 11.6 Å². The summed E-state index contributed by atoms with van der Waals surface area (Å²) in [6.45, 7) is 0.605. The molecule has 3 rings (SSSR count). The molecule has 0 aliphatic heterocycles. The number of fused-ring (bicyclic) bond motifs is 1. The van der Waals surface area contributed by atoms with E-state index in [1.54, 1.807) is 24.2 Å². The molecule has 0 atom stereocenters. The van der Waals surface area contributed by atoms with Crippen LogP contribution in [0.1, 0.15) is 5.56 Å². The average Bonchev–Trinajstić information content (AvgIpc) is 2.81. The van der Waals surface area contributed by atoms with Crippen LogP contribution in [-0.2, 0) is 6.54 Å². The van der Waals surface area contributed by atoms with Crippen LogP contribution < -0.4 is 4.74 Å². The third kappa shape index (κ3) is 2.37. The second-order valence-corrected chi connectivity index (χ2v) is 4.41. The lowest BCUT2D eigenvalue weighted by molar-refractivity contribution is 0.414. The van der Waals surface area contributed by atoms with Crippen molar-refractivity contribution in [2.75, 3.05) is 7.11 Å². The summed E-state index contributed by atoms with van der Waals surface area (Å²) in [5.41, 5.74) is 1.81. The average molecular weight is 275 g/mol. The van der Waals surface area contributed by atoms with Gasteiger partial charge in [-0.25, -0.2) is 9.67 Å². The lowest BCUT2D eigenvalue weighted by Crippen LogP contribution is -2.03. The molecule has 0 saturated carbocycles. The number of nitrogens with zero attached hydrogens (tertiary/aromatic N) is 4. The largest absolute Gasteiger partial charge is 0.497 e. The smallest absolute Gasteiger partial charge is 0.224 e. The van der Waals surface area contributed by atoms with Gasteiger partial charge in [-0.1, -0.05) is 12.1 Å². The predicted octanol–water partition coefficient (Wildman–Crippen LogP) is 2.54. The van der Waals surface area contributed by atoms with Gasteiger partial charge in [-0.15, -0.1) is 0 Å². The molecule has 2 aromatic heterocycles. The first-order valence-electron chi connectivity index (χ1n) is 5.73. The number of methoxy groups -OCH3 is 1. The van der Waals surface area contributed by atoms with Crippen LogP contribution in [0.4, 0.5) is 0 Å². The molecule has 0 aliphatic rings. The minimum atomic E-state index is 0.222. The van der Waals surface area contributed by atoms with Crippen LogP contribution in [0, 0.1) is 0 Å². The lowest BCUT2D eigenvalue weighted by Gasteiger charge is -2.05. The van der Waals surface area contributed by atoms with Crippen molar-refractivity contribution >= 4 is 22.6 Å². The van der Waals surface area contributed by atoms with Crippen LogP contribution in [0.5, 0.6) is 5.75 Å². The van der Waals surface area contributed by atoms with Gasteiger partial charge < -0.3 is 4.74 Å². The number of hydrogen-bond acceptors (Lipinski definition) is 4.